The molecule has 0 atom stereocenters. The second-order valence-electron chi connectivity index (χ2n) is 2.96. The lowest BCUT2D eigenvalue weighted by Crippen LogP contribution is -1.77. The Morgan fingerprint density at radius 1 is 1.33 bits per heavy atom. The number of hydrogen-bond acceptors (Lipinski definition) is 3. The first kappa shape index (κ1) is 9.94. The molecule has 15 heavy (non-hydrogen) atoms. The zero-order valence-corrected chi connectivity index (χ0v) is 9.36. The van der Waals surface area contributed by atoms with Crippen LogP contribution in [-0.4, -0.2) is 4.98 Å². The van der Waals surface area contributed by atoms with Crippen LogP contribution in [0, 0.1) is 11.3 Å². The number of nitriles is 1. The Hall–Kier alpha value is -1.60. The van der Waals surface area contributed by atoms with Crippen molar-refractivity contribution in [1.29, 1.82) is 5.26 Å². The number of nitrogens with zero attached hydrogens (tertiary/aromatic N) is 2. The first-order chi connectivity index (χ1) is 7.29. The molecule has 4 heteroatoms. The number of hydrogen-bond donors (Lipinski definition) is 0. The maximum absolute atomic E-state index is 8.48. The van der Waals surface area contributed by atoms with Gasteiger partial charge in [0.1, 0.15) is 6.42 Å². The monoisotopic (exact) mass is 262 g/mol. The summed E-state index contributed by atoms with van der Waals surface area (Å²) in [5.74, 6) is 1.14. The second-order valence-corrected chi connectivity index (χ2v) is 3.88. The molecule has 0 saturated carbocycles. The summed E-state index contributed by atoms with van der Waals surface area (Å²) in [6, 6.07) is 9.72. The Balaban J connectivity index is 2.30. The van der Waals surface area contributed by atoms with Crippen molar-refractivity contribution in [2.75, 3.05) is 0 Å². The van der Waals surface area contributed by atoms with Gasteiger partial charge in [-0.2, -0.15) is 5.26 Å². The fourth-order valence-electron chi connectivity index (χ4n) is 1.21. The molecule has 0 saturated heterocycles. The van der Waals surface area contributed by atoms with Crippen molar-refractivity contribution in [2.45, 2.75) is 6.42 Å². The number of benzene rings is 1. The molecule has 0 bridgehead atoms. The molecule has 1 aromatic heterocycles. The molecule has 0 fully saturated rings. The lowest BCUT2D eigenvalue weighted by atomic mass is 10.2. The highest BCUT2D eigenvalue weighted by Crippen LogP contribution is 2.22. The van der Waals surface area contributed by atoms with Gasteiger partial charge in [-0.1, -0.05) is 28.1 Å². The van der Waals surface area contributed by atoms with E-state index in [-0.39, 0.29) is 6.42 Å². The van der Waals surface area contributed by atoms with E-state index in [9.17, 15) is 0 Å². The molecule has 0 radical (unpaired) electrons. The summed E-state index contributed by atoms with van der Waals surface area (Å²) < 4.78 is 6.42. The van der Waals surface area contributed by atoms with Crippen LogP contribution in [-0.2, 0) is 6.42 Å². The predicted molar refractivity (Wildman–Crippen MR) is 59.0 cm³/mol. The molecule has 3 nitrogen and oxygen atoms in total. The molecule has 1 aromatic carbocycles. The van der Waals surface area contributed by atoms with E-state index in [1.54, 1.807) is 6.20 Å². The zero-order chi connectivity index (χ0) is 10.7. The third-order valence-corrected chi connectivity index (χ3v) is 2.44. The lowest BCUT2D eigenvalue weighted by Gasteiger charge is -1.95. The van der Waals surface area contributed by atoms with E-state index in [1.807, 2.05) is 30.3 Å². The normalized spacial score (nSPS) is 9.87. The fraction of sp³-hybridized carbons (Fsp3) is 0.0909. The summed E-state index contributed by atoms with van der Waals surface area (Å²) in [7, 11) is 0. The highest BCUT2D eigenvalue weighted by atomic mass is 79.9. The van der Waals surface area contributed by atoms with Crippen molar-refractivity contribution >= 4 is 15.9 Å². The van der Waals surface area contributed by atoms with Crippen LogP contribution in [0.5, 0.6) is 0 Å². The molecule has 0 spiro atoms. The van der Waals surface area contributed by atoms with Crippen LogP contribution in [0.1, 0.15) is 5.89 Å². The lowest BCUT2D eigenvalue weighted by molar-refractivity contribution is 0.523. The average Bonchev–Trinajstić information content (AvgIpc) is 2.68. The number of halogens is 1. The van der Waals surface area contributed by atoms with E-state index in [0.717, 1.165) is 10.0 Å². The first-order valence-electron chi connectivity index (χ1n) is 4.37. The summed E-state index contributed by atoms with van der Waals surface area (Å²) in [5.41, 5.74) is 0.954. The maximum Gasteiger partial charge on any atom is 0.209 e. The van der Waals surface area contributed by atoms with E-state index in [2.05, 4.69) is 20.9 Å². The van der Waals surface area contributed by atoms with Gasteiger partial charge >= 0.3 is 0 Å². The highest BCUT2D eigenvalue weighted by molar-refractivity contribution is 9.10. The topological polar surface area (TPSA) is 49.8 Å². The number of rotatable bonds is 2. The Kier molecular flexibility index (Phi) is 2.84. The van der Waals surface area contributed by atoms with Crippen molar-refractivity contribution in [1.82, 2.24) is 4.98 Å². The van der Waals surface area contributed by atoms with Crippen LogP contribution in [0.15, 0.2) is 39.4 Å². The summed E-state index contributed by atoms with van der Waals surface area (Å²) in [6.45, 7) is 0. The molecule has 0 unspecified atom stereocenters. The molecule has 0 aliphatic rings. The molecule has 0 aliphatic carbocycles. The van der Waals surface area contributed by atoms with E-state index in [1.165, 1.54) is 0 Å². The van der Waals surface area contributed by atoms with Crippen LogP contribution in [0.25, 0.3) is 11.3 Å². The van der Waals surface area contributed by atoms with Gasteiger partial charge in [-0.05, 0) is 12.1 Å². The molecule has 0 aliphatic heterocycles. The molecular formula is C11H7BrN2O. The minimum atomic E-state index is 0.205. The average molecular weight is 263 g/mol. The standard InChI is InChI=1S/C11H7BrN2O/c12-9-3-1-8(2-4-9)10-7-14-11(15-10)5-6-13/h1-4,7H,5H2. The molecule has 0 N–H and O–H groups in total. The second kappa shape index (κ2) is 4.28. The van der Waals surface area contributed by atoms with Gasteiger partial charge in [0.15, 0.2) is 5.76 Å². The van der Waals surface area contributed by atoms with Crippen LogP contribution in [0.2, 0.25) is 0 Å². The third kappa shape index (κ3) is 2.25. The van der Waals surface area contributed by atoms with Gasteiger partial charge in [-0.25, -0.2) is 4.98 Å². The molecule has 2 aromatic rings. The Morgan fingerprint density at radius 2 is 2.07 bits per heavy atom. The van der Waals surface area contributed by atoms with Crippen LogP contribution in [0.3, 0.4) is 0 Å². The van der Waals surface area contributed by atoms with Gasteiger partial charge in [0.2, 0.25) is 5.89 Å². The van der Waals surface area contributed by atoms with E-state index in [4.69, 9.17) is 9.68 Å². The molecule has 2 rings (SSSR count). The van der Waals surface area contributed by atoms with Crippen molar-refractivity contribution in [2.24, 2.45) is 0 Å². The minimum Gasteiger partial charge on any atom is -0.440 e. The van der Waals surface area contributed by atoms with Gasteiger partial charge in [-0.3, -0.25) is 0 Å². The third-order valence-electron chi connectivity index (χ3n) is 1.91. The molecular weight excluding hydrogens is 256 g/mol. The maximum atomic E-state index is 8.48. The SMILES string of the molecule is N#CCc1ncc(-c2ccc(Br)cc2)o1. The van der Waals surface area contributed by atoms with E-state index < -0.39 is 0 Å². The highest BCUT2D eigenvalue weighted by Gasteiger charge is 2.05. The van der Waals surface area contributed by atoms with Gasteiger partial charge in [0.05, 0.1) is 12.3 Å². The van der Waals surface area contributed by atoms with Crippen molar-refractivity contribution < 1.29 is 4.42 Å². The van der Waals surface area contributed by atoms with Crippen molar-refractivity contribution in [3.8, 4) is 17.4 Å². The Bertz CT molecular complexity index is 496. The van der Waals surface area contributed by atoms with E-state index >= 15 is 0 Å². The summed E-state index contributed by atoms with van der Waals surface area (Å²) in [5, 5.41) is 8.48. The predicted octanol–water partition coefficient (Wildman–Crippen LogP) is 3.17. The van der Waals surface area contributed by atoms with Crippen molar-refractivity contribution in [3.63, 3.8) is 0 Å². The van der Waals surface area contributed by atoms with Crippen LogP contribution < -0.4 is 0 Å². The smallest absolute Gasteiger partial charge is 0.209 e. The number of oxazole rings is 1. The fourth-order valence-corrected chi connectivity index (χ4v) is 1.47. The van der Waals surface area contributed by atoms with Crippen LogP contribution in [0.4, 0.5) is 0 Å². The summed E-state index contributed by atoms with van der Waals surface area (Å²) >= 11 is 3.36. The van der Waals surface area contributed by atoms with Gasteiger partial charge < -0.3 is 4.42 Å². The number of aromatic nitrogens is 1. The quantitative estimate of drug-likeness (QED) is 0.836. The van der Waals surface area contributed by atoms with Gasteiger partial charge in [0.25, 0.3) is 0 Å². The van der Waals surface area contributed by atoms with Gasteiger partial charge in [0, 0.05) is 10.0 Å². The summed E-state index contributed by atoms with van der Waals surface area (Å²) in [6.07, 6.45) is 1.84. The van der Waals surface area contributed by atoms with Gasteiger partial charge in [-0.15, -0.1) is 0 Å². The van der Waals surface area contributed by atoms with Crippen molar-refractivity contribution in [3.05, 3.63) is 40.8 Å². The summed E-state index contributed by atoms with van der Waals surface area (Å²) in [4.78, 5) is 4.00. The zero-order valence-electron chi connectivity index (χ0n) is 7.77. The Labute approximate surface area is 95.5 Å². The first-order valence-corrected chi connectivity index (χ1v) is 5.16. The van der Waals surface area contributed by atoms with Crippen LogP contribution >= 0.6 is 15.9 Å². The van der Waals surface area contributed by atoms with E-state index in [0.29, 0.717) is 11.7 Å². The molecule has 0 amide bonds. The molecule has 1 heterocycles. The Morgan fingerprint density at radius 3 is 2.73 bits per heavy atom. The molecule has 74 valence electrons. The largest absolute Gasteiger partial charge is 0.440 e. The minimum absolute atomic E-state index is 0.205.